The van der Waals surface area contributed by atoms with Gasteiger partial charge in [-0.05, 0) is 25.0 Å². The second kappa shape index (κ2) is 5.39. The van der Waals surface area contributed by atoms with E-state index in [9.17, 15) is 17.2 Å². The van der Waals surface area contributed by atoms with E-state index in [0.717, 1.165) is 18.2 Å². The Labute approximate surface area is 97.1 Å². The average molecular weight is 267 g/mol. The van der Waals surface area contributed by atoms with Crippen LogP contribution < -0.4 is 9.92 Å². The van der Waals surface area contributed by atoms with Gasteiger partial charge in [0.1, 0.15) is 0 Å². The van der Waals surface area contributed by atoms with Crippen LogP contribution in [0.15, 0.2) is 18.2 Å². The highest BCUT2D eigenvalue weighted by Gasteiger charge is 2.14. The molecule has 0 heterocycles. The van der Waals surface area contributed by atoms with Crippen LogP contribution in [0.2, 0.25) is 0 Å². The highest BCUT2D eigenvalue weighted by atomic mass is 32.3. The maximum atomic E-state index is 12.7. The lowest BCUT2D eigenvalue weighted by molar-refractivity contribution is 0.370. The van der Waals surface area contributed by atoms with E-state index in [2.05, 4.69) is 4.18 Å². The van der Waals surface area contributed by atoms with Crippen LogP contribution in [0, 0.1) is 11.6 Å². The fourth-order valence-corrected chi connectivity index (χ4v) is 1.11. The average Bonchev–Trinajstić information content (AvgIpc) is 2.95. The third-order valence-corrected chi connectivity index (χ3v) is 2.12. The van der Waals surface area contributed by atoms with Gasteiger partial charge < -0.3 is 9.92 Å². The van der Waals surface area contributed by atoms with Crippen LogP contribution in [0.4, 0.5) is 8.78 Å². The van der Waals surface area contributed by atoms with Crippen molar-refractivity contribution in [3.8, 4) is 5.75 Å². The highest BCUT2D eigenvalue weighted by Crippen LogP contribution is 2.20. The van der Waals surface area contributed by atoms with Crippen LogP contribution in [0.25, 0.3) is 0 Å². The zero-order chi connectivity index (χ0) is 13.1. The molecule has 2 rings (SSSR count). The fraction of sp³-hybridized carbons (Fsp3) is 0.333. The third kappa shape index (κ3) is 5.57. The van der Waals surface area contributed by atoms with Gasteiger partial charge in [-0.15, -0.1) is 0 Å². The van der Waals surface area contributed by atoms with Crippen molar-refractivity contribution >= 4 is 10.4 Å². The van der Waals surface area contributed by atoms with E-state index in [0.29, 0.717) is 6.04 Å². The monoisotopic (exact) mass is 267 g/mol. The molecule has 0 aliphatic heterocycles. The standard InChI is InChI=1S/C6H4F2O4S.C3H7N/c7-4-2-1-3-5(6(4)8)12-13(9,10)11;4-3-1-2-3/h1-3H,(H,9,10,11);3H,1-2,4H2. The molecule has 1 aromatic carbocycles. The van der Waals surface area contributed by atoms with Crippen molar-refractivity contribution in [2.24, 2.45) is 5.73 Å². The van der Waals surface area contributed by atoms with Gasteiger partial charge in [-0.25, -0.2) is 4.39 Å². The lowest BCUT2D eigenvalue weighted by Crippen LogP contribution is -2.08. The van der Waals surface area contributed by atoms with Gasteiger partial charge in [-0.3, -0.25) is 4.55 Å². The molecule has 0 spiro atoms. The van der Waals surface area contributed by atoms with Crippen LogP contribution >= 0.6 is 0 Å². The molecule has 3 N–H and O–H groups in total. The summed E-state index contributed by atoms with van der Waals surface area (Å²) in [6, 6.07) is 3.28. The van der Waals surface area contributed by atoms with E-state index >= 15 is 0 Å². The Morgan fingerprint density at radius 1 is 1.35 bits per heavy atom. The number of benzene rings is 1. The molecule has 17 heavy (non-hydrogen) atoms. The topological polar surface area (TPSA) is 89.6 Å². The maximum Gasteiger partial charge on any atom is 0.446 e. The number of hydrogen-bond donors (Lipinski definition) is 2. The Hall–Kier alpha value is -1.25. The van der Waals surface area contributed by atoms with E-state index in [4.69, 9.17) is 10.3 Å². The van der Waals surface area contributed by atoms with Crippen molar-refractivity contribution in [1.82, 2.24) is 0 Å². The second-order valence-electron chi connectivity index (χ2n) is 3.40. The minimum Gasteiger partial charge on any atom is -0.359 e. The molecule has 0 unspecified atom stereocenters. The molecule has 0 bridgehead atoms. The van der Waals surface area contributed by atoms with Crippen LogP contribution in [0.5, 0.6) is 5.75 Å². The van der Waals surface area contributed by atoms with Gasteiger partial charge in [0.25, 0.3) is 0 Å². The molecule has 0 saturated heterocycles. The quantitative estimate of drug-likeness (QED) is 0.787. The number of halogens is 2. The first-order valence-corrected chi connectivity index (χ1v) is 6.02. The summed E-state index contributed by atoms with van der Waals surface area (Å²) in [6.45, 7) is 0. The van der Waals surface area contributed by atoms with E-state index < -0.39 is 27.8 Å². The summed E-state index contributed by atoms with van der Waals surface area (Å²) in [5.74, 6) is -3.62. The minimum absolute atomic E-state index is 0.583. The Morgan fingerprint density at radius 2 is 1.88 bits per heavy atom. The minimum atomic E-state index is -4.82. The maximum absolute atomic E-state index is 12.7. The zero-order valence-electron chi connectivity index (χ0n) is 8.64. The van der Waals surface area contributed by atoms with E-state index in [1.54, 1.807) is 0 Å². The first-order chi connectivity index (χ1) is 7.79. The Kier molecular flexibility index (Phi) is 4.38. The molecule has 1 aromatic rings. The SMILES string of the molecule is NC1CC1.O=S(=O)(O)Oc1cccc(F)c1F. The molecule has 1 aliphatic carbocycles. The first kappa shape index (κ1) is 13.8. The van der Waals surface area contributed by atoms with Crippen molar-refractivity contribution < 1.29 is 25.9 Å². The summed E-state index contributed by atoms with van der Waals surface area (Å²) in [6.07, 6.45) is 2.53. The smallest absolute Gasteiger partial charge is 0.359 e. The molecule has 0 radical (unpaired) electrons. The summed E-state index contributed by atoms with van der Waals surface area (Å²) in [5.41, 5.74) is 5.22. The largest absolute Gasteiger partial charge is 0.446 e. The van der Waals surface area contributed by atoms with Gasteiger partial charge >= 0.3 is 10.4 Å². The van der Waals surface area contributed by atoms with Gasteiger partial charge in [0.2, 0.25) is 5.82 Å². The van der Waals surface area contributed by atoms with E-state index in [1.807, 2.05) is 0 Å². The normalized spacial score (nSPS) is 14.8. The molecule has 8 heteroatoms. The molecule has 1 fully saturated rings. The molecule has 0 atom stereocenters. The molecule has 5 nitrogen and oxygen atoms in total. The van der Waals surface area contributed by atoms with E-state index in [-0.39, 0.29) is 0 Å². The number of nitrogens with two attached hydrogens (primary N) is 1. The molecule has 0 aromatic heterocycles. The molecule has 0 amide bonds. The molecule has 1 aliphatic rings. The van der Waals surface area contributed by atoms with Gasteiger partial charge in [0, 0.05) is 6.04 Å². The Morgan fingerprint density at radius 3 is 2.29 bits per heavy atom. The third-order valence-electron chi connectivity index (χ3n) is 1.73. The number of hydrogen-bond acceptors (Lipinski definition) is 4. The zero-order valence-corrected chi connectivity index (χ0v) is 9.45. The molecule has 1 saturated carbocycles. The predicted molar refractivity (Wildman–Crippen MR) is 55.7 cm³/mol. The predicted octanol–water partition coefficient (Wildman–Crippen LogP) is 1.25. The summed E-state index contributed by atoms with van der Waals surface area (Å²) >= 11 is 0. The Balaban J connectivity index is 0.000000302. The van der Waals surface area contributed by atoms with Crippen LogP contribution in [-0.4, -0.2) is 19.0 Å². The Bertz CT molecular complexity index is 488. The lowest BCUT2D eigenvalue weighted by Gasteiger charge is -2.01. The van der Waals surface area contributed by atoms with Crippen molar-refractivity contribution in [3.63, 3.8) is 0 Å². The summed E-state index contributed by atoms with van der Waals surface area (Å²) in [7, 11) is -4.82. The summed E-state index contributed by atoms with van der Waals surface area (Å²) < 4.78 is 57.2. The van der Waals surface area contributed by atoms with Crippen LogP contribution in [-0.2, 0) is 10.4 Å². The fourth-order valence-electron chi connectivity index (χ4n) is 0.758. The summed E-state index contributed by atoms with van der Waals surface area (Å²) in [5, 5.41) is 0. The van der Waals surface area contributed by atoms with Crippen molar-refractivity contribution in [3.05, 3.63) is 29.8 Å². The summed E-state index contributed by atoms with van der Waals surface area (Å²) in [4.78, 5) is 0. The van der Waals surface area contributed by atoms with Gasteiger partial charge in [0.15, 0.2) is 11.6 Å². The van der Waals surface area contributed by atoms with Crippen molar-refractivity contribution in [2.75, 3.05) is 0 Å². The van der Waals surface area contributed by atoms with Gasteiger partial charge in [-0.2, -0.15) is 12.8 Å². The van der Waals surface area contributed by atoms with E-state index in [1.165, 1.54) is 12.8 Å². The van der Waals surface area contributed by atoms with Crippen LogP contribution in [0.3, 0.4) is 0 Å². The van der Waals surface area contributed by atoms with Gasteiger partial charge in [0.05, 0.1) is 0 Å². The lowest BCUT2D eigenvalue weighted by atomic mass is 10.3. The molecule has 96 valence electrons. The molecular formula is C9H11F2NO4S. The molecular weight excluding hydrogens is 256 g/mol. The second-order valence-corrected chi connectivity index (χ2v) is 4.42. The number of rotatable bonds is 2. The first-order valence-electron chi connectivity index (χ1n) is 4.66. The van der Waals surface area contributed by atoms with Crippen molar-refractivity contribution in [1.29, 1.82) is 0 Å². The van der Waals surface area contributed by atoms with Crippen LogP contribution in [0.1, 0.15) is 12.8 Å². The van der Waals surface area contributed by atoms with Gasteiger partial charge in [-0.1, -0.05) is 6.07 Å². The highest BCUT2D eigenvalue weighted by molar-refractivity contribution is 7.81. The van der Waals surface area contributed by atoms with Crippen molar-refractivity contribution in [2.45, 2.75) is 18.9 Å².